The van der Waals surface area contributed by atoms with Crippen LogP contribution in [0.4, 0.5) is 4.39 Å². The number of benzene rings is 2. The lowest BCUT2D eigenvalue weighted by atomic mass is 9.98. The average Bonchev–Trinajstić information content (AvgIpc) is 3.30. The van der Waals surface area contributed by atoms with E-state index in [1.54, 1.807) is 18.2 Å². The molecule has 37 heavy (non-hydrogen) atoms. The van der Waals surface area contributed by atoms with Crippen molar-refractivity contribution in [2.45, 2.75) is 45.3 Å². The second kappa shape index (κ2) is 11.8. The van der Waals surface area contributed by atoms with E-state index < -0.39 is 23.3 Å². The van der Waals surface area contributed by atoms with E-state index in [9.17, 15) is 9.59 Å². The van der Waals surface area contributed by atoms with Gasteiger partial charge in [-0.25, -0.2) is 9.07 Å². The standard InChI is InChI=1S/C27H35FN6O3/c1-4-27(2,3)29-26(36)25(20-9-5-6-10-21(20)28)33(14-13-32-15-17-37-18-16-32)24(35)19-34-23-12-8-7-11-22(23)30-31-34/h5-12,25H,4,13-19H2,1-3H3,(H,29,36). The predicted octanol–water partition coefficient (Wildman–Crippen LogP) is 2.78. The van der Waals surface area contributed by atoms with Crippen molar-refractivity contribution in [2.75, 3.05) is 39.4 Å². The number of nitrogens with one attached hydrogen (secondary N) is 1. The topological polar surface area (TPSA) is 92.6 Å². The average molecular weight is 511 g/mol. The number of halogens is 1. The highest BCUT2D eigenvalue weighted by Gasteiger charge is 2.36. The van der Waals surface area contributed by atoms with Gasteiger partial charge in [-0.3, -0.25) is 14.5 Å². The Balaban J connectivity index is 1.69. The lowest BCUT2D eigenvalue weighted by molar-refractivity contribution is -0.142. The normalized spacial score (nSPS) is 15.5. The smallest absolute Gasteiger partial charge is 0.247 e. The number of carbonyl (C=O) groups is 2. The molecule has 10 heteroatoms. The molecular weight excluding hydrogens is 475 g/mol. The summed E-state index contributed by atoms with van der Waals surface area (Å²) in [5.41, 5.74) is 1.01. The van der Waals surface area contributed by atoms with Crippen LogP contribution in [0.25, 0.3) is 11.0 Å². The van der Waals surface area contributed by atoms with Gasteiger partial charge in [-0.2, -0.15) is 0 Å². The summed E-state index contributed by atoms with van der Waals surface area (Å²) >= 11 is 0. The molecule has 2 amide bonds. The number of fused-ring (bicyclic) bond motifs is 1. The summed E-state index contributed by atoms with van der Waals surface area (Å²) in [5.74, 6) is -1.30. The second-order valence-electron chi connectivity index (χ2n) is 9.93. The van der Waals surface area contributed by atoms with Crippen LogP contribution in [0.5, 0.6) is 0 Å². The Labute approximate surface area is 216 Å². The number of hydrogen-bond donors (Lipinski definition) is 1. The maximum Gasteiger partial charge on any atom is 0.247 e. The van der Waals surface area contributed by atoms with E-state index in [0.717, 1.165) is 13.1 Å². The molecule has 0 bridgehead atoms. The summed E-state index contributed by atoms with van der Waals surface area (Å²) in [7, 11) is 0. The minimum Gasteiger partial charge on any atom is -0.379 e. The van der Waals surface area contributed by atoms with E-state index in [-0.39, 0.29) is 24.6 Å². The number of amides is 2. The molecule has 0 aliphatic carbocycles. The summed E-state index contributed by atoms with van der Waals surface area (Å²) in [6, 6.07) is 12.4. The largest absolute Gasteiger partial charge is 0.379 e. The van der Waals surface area contributed by atoms with Crippen molar-refractivity contribution in [3.8, 4) is 0 Å². The van der Waals surface area contributed by atoms with Crippen molar-refractivity contribution in [1.29, 1.82) is 0 Å². The molecule has 1 N–H and O–H groups in total. The molecule has 2 aromatic carbocycles. The number of nitrogens with zero attached hydrogens (tertiary/aromatic N) is 5. The SMILES string of the molecule is CCC(C)(C)NC(=O)C(c1ccccc1F)N(CCN1CCOCC1)C(=O)Cn1nnc2ccccc21. The van der Waals surface area contributed by atoms with E-state index in [0.29, 0.717) is 37.2 Å². The number of rotatable bonds is 10. The highest BCUT2D eigenvalue weighted by Crippen LogP contribution is 2.26. The van der Waals surface area contributed by atoms with Gasteiger partial charge < -0.3 is 15.0 Å². The zero-order valence-electron chi connectivity index (χ0n) is 21.7. The number of morpholine rings is 1. The van der Waals surface area contributed by atoms with Gasteiger partial charge in [0.2, 0.25) is 11.8 Å². The first-order valence-corrected chi connectivity index (χ1v) is 12.7. The first-order valence-electron chi connectivity index (χ1n) is 12.7. The first-order chi connectivity index (χ1) is 17.8. The van der Waals surface area contributed by atoms with E-state index >= 15 is 4.39 Å². The molecule has 1 aromatic heterocycles. The molecule has 0 saturated carbocycles. The molecule has 1 atom stereocenters. The molecule has 0 spiro atoms. The number of hydrogen-bond acceptors (Lipinski definition) is 6. The van der Waals surface area contributed by atoms with Gasteiger partial charge in [-0.1, -0.05) is 42.5 Å². The van der Waals surface area contributed by atoms with Gasteiger partial charge >= 0.3 is 0 Å². The molecule has 0 radical (unpaired) electrons. The number of aromatic nitrogens is 3. The summed E-state index contributed by atoms with van der Waals surface area (Å²) in [4.78, 5) is 31.3. The van der Waals surface area contributed by atoms with Crippen LogP contribution in [-0.4, -0.2) is 81.5 Å². The van der Waals surface area contributed by atoms with Crippen molar-refractivity contribution < 1.29 is 18.7 Å². The Kier molecular flexibility index (Phi) is 8.50. The van der Waals surface area contributed by atoms with Gasteiger partial charge in [-0.15, -0.1) is 5.10 Å². The molecule has 1 unspecified atom stereocenters. The van der Waals surface area contributed by atoms with Crippen LogP contribution < -0.4 is 5.32 Å². The van der Waals surface area contributed by atoms with Crippen LogP contribution in [-0.2, 0) is 20.9 Å². The van der Waals surface area contributed by atoms with Crippen LogP contribution in [0.3, 0.4) is 0 Å². The minimum atomic E-state index is -1.14. The molecule has 9 nitrogen and oxygen atoms in total. The van der Waals surface area contributed by atoms with Crippen molar-refractivity contribution in [3.63, 3.8) is 0 Å². The third-order valence-corrected chi connectivity index (χ3v) is 6.89. The Morgan fingerprint density at radius 3 is 2.57 bits per heavy atom. The summed E-state index contributed by atoms with van der Waals surface area (Å²) in [6.45, 7) is 9.11. The van der Waals surface area contributed by atoms with Crippen LogP contribution in [0.2, 0.25) is 0 Å². The molecule has 1 fully saturated rings. The minimum absolute atomic E-state index is 0.126. The highest BCUT2D eigenvalue weighted by molar-refractivity contribution is 5.89. The Morgan fingerprint density at radius 2 is 1.84 bits per heavy atom. The third kappa shape index (κ3) is 6.50. The van der Waals surface area contributed by atoms with Gasteiger partial charge in [0.1, 0.15) is 23.9 Å². The molecule has 198 valence electrons. The van der Waals surface area contributed by atoms with Crippen LogP contribution in [0.15, 0.2) is 48.5 Å². The van der Waals surface area contributed by atoms with Crippen LogP contribution >= 0.6 is 0 Å². The first kappa shape index (κ1) is 26.7. The Hall–Kier alpha value is -3.37. The number of ether oxygens (including phenoxy) is 1. The van der Waals surface area contributed by atoms with Crippen molar-refractivity contribution in [2.24, 2.45) is 0 Å². The quantitative estimate of drug-likeness (QED) is 0.451. The van der Waals surface area contributed by atoms with Crippen molar-refractivity contribution >= 4 is 22.8 Å². The van der Waals surface area contributed by atoms with Gasteiger partial charge in [0.05, 0.1) is 18.7 Å². The fourth-order valence-corrected chi connectivity index (χ4v) is 4.36. The summed E-state index contributed by atoms with van der Waals surface area (Å²) in [5, 5.41) is 11.3. The third-order valence-electron chi connectivity index (χ3n) is 6.89. The van der Waals surface area contributed by atoms with Gasteiger partial charge in [-0.05, 0) is 38.5 Å². The molecule has 1 saturated heterocycles. The van der Waals surface area contributed by atoms with Crippen molar-refractivity contribution in [1.82, 2.24) is 30.1 Å². The highest BCUT2D eigenvalue weighted by atomic mass is 19.1. The zero-order chi connectivity index (χ0) is 26.4. The second-order valence-corrected chi connectivity index (χ2v) is 9.93. The molecule has 1 aliphatic heterocycles. The van der Waals surface area contributed by atoms with E-state index in [4.69, 9.17) is 4.74 Å². The van der Waals surface area contributed by atoms with Crippen molar-refractivity contribution in [3.05, 3.63) is 59.9 Å². The van der Waals surface area contributed by atoms with Gasteiger partial charge in [0.25, 0.3) is 0 Å². The number of para-hydroxylation sites is 1. The zero-order valence-corrected chi connectivity index (χ0v) is 21.7. The fourth-order valence-electron chi connectivity index (χ4n) is 4.36. The van der Waals surface area contributed by atoms with Crippen LogP contribution in [0.1, 0.15) is 38.8 Å². The maximum atomic E-state index is 15.1. The maximum absolute atomic E-state index is 15.1. The van der Waals surface area contributed by atoms with E-state index in [1.807, 2.05) is 45.0 Å². The van der Waals surface area contributed by atoms with Gasteiger partial charge in [0.15, 0.2) is 0 Å². The van der Waals surface area contributed by atoms with E-state index in [1.165, 1.54) is 15.6 Å². The summed E-state index contributed by atoms with van der Waals surface area (Å²) in [6.07, 6.45) is 0.676. The lowest BCUT2D eigenvalue weighted by Gasteiger charge is -2.36. The molecule has 2 heterocycles. The fraction of sp³-hybridized carbons (Fsp3) is 0.481. The summed E-state index contributed by atoms with van der Waals surface area (Å²) < 4.78 is 22.1. The molecule has 3 aromatic rings. The predicted molar refractivity (Wildman–Crippen MR) is 138 cm³/mol. The molecule has 4 rings (SSSR count). The number of carbonyl (C=O) groups excluding carboxylic acids is 2. The lowest BCUT2D eigenvalue weighted by Crippen LogP contribution is -2.52. The molecule has 1 aliphatic rings. The molecular formula is C27H35FN6O3. The monoisotopic (exact) mass is 510 g/mol. The van der Waals surface area contributed by atoms with Gasteiger partial charge in [0, 0.05) is 37.3 Å². The van der Waals surface area contributed by atoms with E-state index in [2.05, 4.69) is 20.5 Å². The van der Waals surface area contributed by atoms with Crippen LogP contribution in [0, 0.1) is 5.82 Å². The Morgan fingerprint density at radius 1 is 1.14 bits per heavy atom. The Bertz CT molecular complexity index is 1220.